The van der Waals surface area contributed by atoms with Gasteiger partial charge in [-0.1, -0.05) is 0 Å². The van der Waals surface area contributed by atoms with Crippen LogP contribution in [0.2, 0.25) is 0 Å². The van der Waals surface area contributed by atoms with Gasteiger partial charge in [0.1, 0.15) is 0 Å². The smallest absolute Gasteiger partial charge is 0.0776 e. The summed E-state index contributed by atoms with van der Waals surface area (Å²) in [5, 5.41) is 0. The Morgan fingerprint density at radius 3 is 0.773 bits per heavy atom. The molecule has 0 bridgehead atoms. The Balaban J connectivity index is 3.27. The summed E-state index contributed by atoms with van der Waals surface area (Å²) in [6, 6.07) is 0. The van der Waals surface area contributed by atoms with Crippen LogP contribution >= 0.6 is 0 Å². The minimum Gasteiger partial charge on any atom is -0.304 e. The fourth-order valence-corrected chi connectivity index (χ4v) is 2.29. The zero-order valence-corrected chi connectivity index (χ0v) is 15.5. The molecular weight excluding hydrogens is 276 g/mol. The van der Waals surface area contributed by atoms with Crippen LogP contribution in [0.4, 0.5) is 0 Å². The third-order valence-electron chi connectivity index (χ3n) is 3.07. The third-order valence-corrected chi connectivity index (χ3v) is 3.07. The number of rotatable bonds is 8. The second-order valence-electron chi connectivity index (χ2n) is 6.96. The van der Waals surface area contributed by atoms with E-state index in [2.05, 4.69) is 76.0 Å². The molecule has 0 spiro atoms. The highest BCUT2D eigenvalue weighted by Gasteiger charge is 2.16. The van der Waals surface area contributed by atoms with E-state index in [-0.39, 0.29) is 0 Å². The largest absolute Gasteiger partial charge is 0.304 e. The molecular formula is C16H32N6. The lowest BCUT2D eigenvalue weighted by Gasteiger charge is -2.21. The van der Waals surface area contributed by atoms with Crippen molar-refractivity contribution in [2.75, 3.05) is 56.4 Å². The SMILES string of the molecule is CN(C)Cc1nc(CN(C)C)c(CN(C)C)nc1CN(C)C. The second-order valence-corrected chi connectivity index (χ2v) is 6.96. The maximum atomic E-state index is 4.96. The molecule has 22 heavy (non-hydrogen) atoms. The van der Waals surface area contributed by atoms with E-state index in [0.29, 0.717) is 0 Å². The van der Waals surface area contributed by atoms with Gasteiger partial charge in [-0.15, -0.1) is 0 Å². The minimum atomic E-state index is 0.818. The number of aromatic nitrogens is 2. The Bertz CT molecular complexity index is 386. The van der Waals surface area contributed by atoms with Crippen LogP contribution in [0, 0.1) is 0 Å². The van der Waals surface area contributed by atoms with Crippen molar-refractivity contribution in [3.63, 3.8) is 0 Å². The molecule has 0 aliphatic carbocycles. The zero-order valence-electron chi connectivity index (χ0n) is 15.5. The molecule has 0 radical (unpaired) electrons. The molecule has 0 saturated carbocycles. The van der Waals surface area contributed by atoms with E-state index in [1.54, 1.807) is 0 Å². The fourth-order valence-electron chi connectivity index (χ4n) is 2.29. The molecule has 1 rings (SSSR count). The van der Waals surface area contributed by atoms with Crippen LogP contribution in [0.5, 0.6) is 0 Å². The summed E-state index contributed by atoms with van der Waals surface area (Å²) >= 11 is 0. The number of nitrogens with zero attached hydrogens (tertiary/aromatic N) is 6. The molecule has 0 saturated heterocycles. The van der Waals surface area contributed by atoms with Crippen molar-refractivity contribution in [3.8, 4) is 0 Å². The first-order chi connectivity index (χ1) is 10.2. The molecule has 0 atom stereocenters. The Morgan fingerprint density at radius 2 is 0.636 bits per heavy atom. The molecule has 0 aromatic carbocycles. The van der Waals surface area contributed by atoms with E-state index in [9.17, 15) is 0 Å². The highest BCUT2D eigenvalue weighted by Crippen LogP contribution is 2.15. The second kappa shape index (κ2) is 8.53. The molecule has 126 valence electrons. The molecule has 1 heterocycles. The van der Waals surface area contributed by atoms with Crippen LogP contribution in [-0.4, -0.2) is 85.9 Å². The first kappa shape index (κ1) is 19.0. The van der Waals surface area contributed by atoms with Gasteiger partial charge < -0.3 is 19.6 Å². The summed E-state index contributed by atoms with van der Waals surface area (Å²) in [7, 11) is 16.6. The number of hydrogen-bond acceptors (Lipinski definition) is 6. The number of hydrogen-bond donors (Lipinski definition) is 0. The highest BCUT2D eigenvalue weighted by molar-refractivity contribution is 5.21. The van der Waals surface area contributed by atoms with E-state index in [0.717, 1.165) is 49.0 Å². The molecule has 0 fully saturated rings. The average molecular weight is 308 g/mol. The first-order valence-corrected chi connectivity index (χ1v) is 7.65. The lowest BCUT2D eigenvalue weighted by molar-refractivity contribution is 0.351. The van der Waals surface area contributed by atoms with Crippen LogP contribution in [0.3, 0.4) is 0 Å². The molecule has 1 aromatic heterocycles. The van der Waals surface area contributed by atoms with Gasteiger partial charge in [0.25, 0.3) is 0 Å². The standard InChI is InChI=1S/C16H32N6/c1-19(2)9-13-14(10-20(3)4)18-16(12-22(7)8)15(17-13)11-21(5)6/h9-12H2,1-8H3. The van der Waals surface area contributed by atoms with E-state index in [1.165, 1.54) is 0 Å². The van der Waals surface area contributed by atoms with Crippen molar-refractivity contribution in [2.45, 2.75) is 26.2 Å². The van der Waals surface area contributed by atoms with Gasteiger partial charge in [0, 0.05) is 26.2 Å². The Morgan fingerprint density at radius 1 is 0.455 bits per heavy atom. The fraction of sp³-hybridized carbons (Fsp3) is 0.750. The summed E-state index contributed by atoms with van der Waals surface area (Å²) in [6.07, 6.45) is 0. The predicted octanol–water partition coefficient (Wildman–Crippen LogP) is 0.723. The van der Waals surface area contributed by atoms with Crippen LogP contribution in [0.1, 0.15) is 22.8 Å². The van der Waals surface area contributed by atoms with Gasteiger partial charge in [0.05, 0.1) is 22.8 Å². The van der Waals surface area contributed by atoms with Crippen LogP contribution in [-0.2, 0) is 26.2 Å². The Labute approximate surface area is 135 Å². The van der Waals surface area contributed by atoms with E-state index >= 15 is 0 Å². The molecule has 0 aliphatic heterocycles. The van der Waals surface area contributed by atoms with Gasteiger partial charge in [0.2, 0.25) is 0 Å². The van der Waals surface area contributed by atoms with Crippen molar-refractivity contribution in [3.05, 3.63) is 22.8 Å². The lowest BCUT2D eigenvalue weighted by atomic mass is 10.2. The van der Waals surface area contributed by atoms with E-state index < -0.39 is 0 Å². The van der Waals surface area contributed by atoms with Crippen molar-refractivity contribution >= 4 is 0 Å². The lowest BCUT2D eigenvalue weighted by Crippen LogP contribution is -2.25. The average Bonchev–Trinajstić information content (AvgIpc) is 2.31. The van der Waals surface area contributed by atoms with E-state index in [1.807, 2.05) is 0 Å². The molecule has 6 nitrogen and oxygen atoms in total. The molecule has 0 N–H and O–H groups in total. The quantitative estimate of drug-likeness (QED) is 0.705. The summed E-state index contributed by atoms with van der Waals surface area (Å²) in [4.78, 5) is 18.5. The summed E-state index contributed by atoms with van der Waals surface area (Å²) in [6.45, 7) is 3.27. The van der Waals surface area contributed by atoms with Gasteiger partial charge in [-0.05, 0) is 56.4 Å². The van der Waals surface area contributed by atoms with Crippen LogP contribution in [0.15, 0.2) is 0 Å². The first-order valence-electron chi connectivity index (χ1n) is 7.65. The van der Waals surface area contributed by atoms with Crippen molar-refractivity contribution in [1.29, 1.82) is 0 Å². The minimum absolute atomic E-state index is 0.818. The molecule has 1 aromatic rings. The van der Waals surface area contributed by atoms with Crippen molar-refractivity contribution < 1.29 is 0 Å². The zero-order chi connectivity index (χ0) is 16.9. The summed E-state index contributed by atoms with van der Waals surface area (Å²) < 4.78 is 0. The van der Waals surface area contributed by atoms with Gasteiger partial charge in [-0.25, -0.2) is 0 Å². The summed E-state index contributed by atoms with van der Waals surface area (Å²) in [5.41, 5.74) is 4.33. The molecule has 0 aliphatic rings. The molecule has 0 unspecified atom stereocenters. The third kappa shape index (κ3) is 6.36. The summed E-state index contributed by atoms with van der Waals surface area (Å²) in [5.74, 6) is 0. The van der Waals surface area contributed by atoms with Crippen LogP contribution in [0.25, 0.3) is 0 Å². The van der Waals surface area contributed by atoms with E-state index in [4.69, 9.17) is 9.97 Å². The van der Waals surface area contributed by atoms with Crippen molar-refractivity contribution in [1.82, 2.24) is 29.6 Å². The van der Waals surface area contributed by atoms with Crippen LogP contribution < -0.4 is 0 Å². The van der Waals surface area contributed by atoms with Gasteiger partial charge in [-0.3, -0.25) is 9.97 Å². The van der Waals surface area contributed by atoms with Gasteiger partial charge in [-0.2, -0.15) is 0 Å². The Hall–Kier alpha value is -1.08. The molecule has 0 amide bonds. The maximum Gasteiger partial charge on any atom is 0.0776 e. The van der Waals surface area contributed by atoms with Gasteiger partial charge >= 0.3 is 0 Å². The Kier molecular flexibility index (Phi) is 7.35. The normalized spacial score (nSPS) is 12.2. The van der Waals surface area contributed by atoms with Gasteiger partial charge in [0.15, 0.2) is 0 Å². The topological polar surface area (TPSA) is 38.7 Å². The maximum absolute atomic E-state index is 4.96. The monoisotopic (exact) mass is 308 g/mol. The predicted molar refractivity (Wildman–Crippen MR) is 91.6 cm³/mol. The molecule has 6 heteroatoms. The highest BCUT2D eigenvalue weighted by atomic mass is 15.1. The van der Waals surface area contributed by atoms with Crippen molar-refractivity contribution in [2.24, 2.45) is 0 Å².